The number of fused-ring (bicyclic) bond motifs is 1. The Morgan fingerprint density at radius 3 is 2.70 bits per heavy atom. The number of carbonyl (C=O) groups is 1. The number of carbonyl (C=O) groups excluding carboxylic acids is 1. The van der Waals surface area contributed by atoms with Gasteiger partial charge in [-0.3, -0.25) is 0 Å². The monoisotopic (exact) mass is 317 g/mol. The standard InChI is InChI=1S/C18H27N3O2/c1-18(2,3)23-17(22)21-7-6-12-4-5-15(8-13(12)11-21)20-16-9-14(19)10-16/h4-5,8,14,16,20H,6-7,9-11,19H2,1-3H3. The van der Waals surface area contributed by atoms with Crippen LogP contribution in [0.3, 0.4) is 0 Å². The quantitative estimate of drug-likeness (QED) is 0.880. The Morgan fingerprint density at radius 2 is 2.04 bits per heavy atom. The van der Waals surface area contributed by atoms with Crippen LogP contribution in [0.5, 0.6) is 0 Å². The Bertz CT molecular complexity index is 588. The molecule has 1 fully saturated rings. The largest absolute Gasteiger partial charge is 0.444 e. The Morgan fingerprint density at radius 1 is 1.30 bits per heavy atom. The lowest BCUT2D eigenvalue weighted by Gasteiger charge is -2.35. The van der Waals surface area contributed by atoms with Crippen LogP contribution in [0, 0.1) is 0 Å². The highest BCUT2D eigenvalue weighted by atomic mass is 16.6. The van der Waals surface area contributed by atoms with Crippen molar-refractivity contribution in [3.63, 3.8) is 0 Å². The minimum Gasteiger partial charge on any atom is -0.444 e. The number of amides is 1. The smallest absolute Gasteiger partial charge is 0.410 e. The van der Waals surface area contributed by atoms with Crippen LogP contribution < -0.4 is 11.1 Å². The van der Waals surface area contributed by atoms with Crippen LogP contribution in [0.4, 0.5) is 10.5 Å². The summed E-state index contributed by atoms with van der Waals surface area (Å²) in [6, 6.07) is 7.28. The first kappa shape index (κ1) is 16.1. The average Bonchev–Trinajstić information content (AvgIpc) is 2.43. The zero-order chi connectivity index (χ0) is 16.6. The summed E-state index contributed by atoms with van der Waals surface area (Å²) in [6.07, 6.45) is 2.71. The van der Waals surface area contributed by atoms with E-state index in [-0.39, 0.29) is 6.09 Å². The van der Waals surface area contributed by atoms with E-state index >= 15 is 0 Å². The summed E-state index contributed by atoms with van der Waals surface area (Å²) in [6.45, 7) is 7.02. The fourth-order valence-electron chi connectivity index (χ4n) is 3.14. The number of nitrogens with one attached hydrogen (secondary N) is 1. The highest BCUT2D eigenvalue weighted by molar-refractivity contribution is 5.69. The molecule has 0 radical (unpaired) electrons. The molecular weight excluding hydrogens is 290 g/mol. The van der Waals surface area contributed by atoms with Crippen molar-refractivity contribution in [1.29, 1.82) is 0 Å². The third kappa shape index (κ3) is 3.96. The van der Waals surface area contributed by atoms with Crippen LogP contribution in [0.1, 0.15) is 44.7 Å². The number of benzene rings is 1. The molecule has 0 saturated heterocycles. The van der Waals surface area contributed by atoms with Crippen LogP contribution in [-0.2, 0) is 17.7 Å². The summed E-state index contributed by atoms with van der Waals surface area (Å²) in [5.41, 5.74) is 9.02. The van der Waals surface area contributed by atoms with Crippen LogP contribution >= 0.6 is 0 Å². The van der Waals surface area contributed by atoms with Gasteiger partial charge in [0.05, 0.1) is 0 Å². The molecule has 5 heteroatoms. The minimum absolute atomic E-state index is 0.230. The fraction of sp³-hybridized carbons (Fsp3) is 0.611. The number of anilines is 1. The number of hydrogen-bond acceptors (Lipinski definition) is 4. The molecule has 0 bridgehead atoms. The highest BCUT2D eigenvalue weighted by Crippen LogP contribution is 2.27. The number of hydrogen-bond donors (Lipinski definition) is 2. The van der Waals surface area contributed by atoms with E-state index in [1.807, 2.05) is 20.8 Å². The Labute approximate surface area is 138 Å². The third-order valence-electron chi connectivity index (χ3n) is 4.42. The number of nitrogens with two attached hydrogens (primary N) is 1. The van der Waals surface area contributed by atoms with Crippen molar-refractivity contribution in [2.45, 2.75) is 64.3 Å². The molecule has 1 aliphatic carbocycles. The van der Waals surface area contributed by atoms with E-state index in [0.717, 1.165) is 24.9 Å². The molecule has 23 heavy (non-hydrogen) atoms. The van der Waals surface area contributed by atoms with Gasteiger partial charge in [0.1, 0.15) is 5.60 Å². The van der Waals surface area contributed by atoms with Crippen molar-refractivity contribution in [2.75, 3.05) is 11.9 Å². The first-order valence-corrected chi connectivity index (χ1v) is 8.42. The van der Waals surface area contributed by atoms with Crippen molar-refractivity contribution in [1.82, 2.24) is 4.90 Å². The summed E-state index contributed by atoms with van der Waals surface area (Å²) in [5.74, 6) is 0. The molecular formula is C18H27N3O2. The van der Waals surface area contributed by atoms with Crippen molar-refractivity contribution < 1.29 is 9.53 Å². The van der Waals surface area contributed by atoms with E-state index in [1.165, 1.54) is 11.1 Å². The lowest BCUT2D eigenvalue weighted by atomic mass is 9.87. The molecule has 0 aromatic heterocycles. The van der Waals surface area contributed by atoms with Gasteiger partial charge in [0.25, 0.3) is 0 Å². The van der Waals surface area contributed by atoms with Gasteiger partial charge in [0.2, 0.25) is 0 Å². The van der Waals surface area contributed by atoms with E-state index in [4.69, 9.17) is 10.5 Å². The first-order chi connectivity index (χ1) is 10.8. The van der Waals surface area contributed by atoms with Crippen LogP contribution in [0.25, 0.3) is 0 Å². The molecule has 2 aliphatic rings. The minimum atomic E-state index is -0.455. The normalized spacial score (nSPS) is 23.7. The van der Waals surface area contributed by atoms with Crippen molar-refractivity contribution in [2.24, 2.45) is 5.73 Å². The summed E-state index contributed by atoms with van der Waals surface area (Å²) < 4.78 is 5.48. The second-order valence-corrected chi connectivity index (χ2v) is 7.71. The molecule has 1 amide bonds. The van der Waals surface area contributed by atoms with Crippen molar-refractivity contribution in [3.8, 4) is 0 Å². The molecule has 1 saturated carbocycles. The predicted octanol–water partition coefficient (Wildman–Crippen LogP) is 2.88. The van der Waals surface area contributed by atoms with Gasteiger partial charge >= 0.3 is 6.09 Å². The molecule has 0 atom stereocenters. The molecule has 3 rings (SSSR count). The number of rotatable bonds is 2. The van der Waals surface area contributed by atoms with Gasteiger partial charge in [-0.1, -0.05) is 6.07 Å². The summed E-state index contributed by atoms with van der Waals surface area (Å²) in [5, 5.41) is 3.53. The Balaban J connectivity index is 1.65. The first-order valence-electron chi connectivity index (χ1n) is 8.42. The molecule has 1 aromatic carbocycles. The highest BCUT2D eigenvalue weighted by Gasteiger charge is 2.27. The Kier molecular flexibility index (Phi) is 4.23. The predicted molar refractivity (Wildman–Crippen MR) is 91.4 cm³/mol. The molecule has 1 aromatic rings. The van der Waals surface area contributed by atoms with Crippen LogP contribution in [0.15, 0.2) is 18.2 Å². The van der Waals surface area contributed by atoms with E-state index in [0.29, 0.717) is 25.2 Å². The zero-order valence-corrected chi connectivity index (χ0v) is 14.3. The second kappa shape index (κ2) is 6.04. The van der Waals surface area contributed by atoms with Crippen LogP contribution in [-0.4, -0.2) is 35.2 Å². The van der Waals surface area contributed by atoms with Crippen molar-refractivity contribution >= 4 is 11.8 Å². The lowest BCUT2D eigenvalue weighted by molar-refractivity contribution is 0.0224. The second-order valence-electron chi connectivity index (χ2n) is 7.71. The molecule has 0 spiro atoms. The third-order valence-corrected chi connectivity index (χ3v) is 4.42. The average molecular weight is 317 g/mol. The van der Waals surface area contributed by atoms with Crippen molar-refractivity contribution in [3.05, 3.63) is 29.3 Å². The maximum Gasteiger partial charge on any atom is 0.410 e. The van der Waals surface area contributed by atoms with Gasteiger partial charge in [-0.2, -0.15) is 0 Å². The summed E-state index contributed by atoms with van der Waals surface area (Å²) >= 11 is 0. The fourth-order valence-corrected chi connectivity index (χ4v) is 3.14. The SMILES string of the molecule is CC(C)(C)OC(=O)N1CCc2ccc(NC3CC(N)C3)cc2C1. The zero-order valence-electron chi connectivity index (χ0n) is 14.3. The van der Waals surface area contributed by atoms with Crippen LogP contribution in [0.2, 0.25) is 0 Å². The van der Waals surface area contributed by atoms with Gasteiger partial charge in [-0.15, -0.1) is 0 Å². The molecule has 1 aliphatic heterocycles. The Hall–Kier alpha value is -1.75. The topological polar surface area (TPSA) is 67.6 Å². The maximum absolute atomic E-state index is 12.3. The molecule has 1 heterocycles. The van der Waals surface area contributed by atoms with Gasteiger partial charge in [-0.25, -0.2) is 4.79 Å². The van der Waals surface area contributed by atoms with E-state index in [1.54, 1.807) is 4.90 Å². The summed E-state index contributed by atoms with van der Waals surface area (Å²) in [7, 11) is 0. The van der Waals surface area contributed by atoms with Gasteiger partial charge < -0.3 is 20.7 Å². The molecule has 126 valence electrons. The van der Waals surface area contributed by atoms with Gasteiger partial charge in [0, 0.05) is 30.9 Å². The van der Waals surface area contributed by atoms with E-state index in [2.05, 4.69) is 23.5 Å². The lowest BCUT2D eigenvalue weighted by Crippen LogP contribution is -2.44. The van der Waals surface area contributed by atoms with E-state index in [9.17, 15) is 4.79 Å². The number of ether oxygens (including phenoxy) is 1. The van der Waals surface area contributed by atoms with Gasteiger partial charge in [-0.05, 0) is 63.3 Å². The maximum atomic E-state index is 12.3. The molecule has 3 N–H and O–H groups in total. The van der Waals surface area contributed by atoms with Gasteiger partial charge in [0.15, 0.2) is 0 Å². The molecule has 5 nitrogen and oxygen atoms in total. The summed E-state index contributed by atoms with van der Waals surface area (Å²) in [4.78, 5) is 14.0. The van der Waals surface area contributed by atoms with E-state index < -0.39 is 5.60 Å². The molecule has 0 unspecified atom stereocenters. The number of nitrogens with zero attached hydrogens (tertiary/aromatic N) is 1.